The van der Waals surface area contributed by atoms with Crippen molar-refractivity contribution in [1.82, 2.24) is 19.4 Å². The van der Waals surface area contributed by atoms with E-state index in [0.29, 0.717) is 17.2 Å². The Hall–Kier alpha value is -2.55. The fourth-order valence-corrected chi connectivity index (χ4v) is 3.81. The van der Waals surface area contributed by atoms with Crippen molar-refractivity contribution in [2.75, 3.05) is 25.4 Å². The molecule has 2 fully saturated rings. The zero-order chi connectivity index (χ0) is 21.3. The second-order valence-electron chi connectivity index (χ2n) is 8.00. The van der Waals surface area contributed by atoms with E-state index >= 15 is 0 Å². The first-order valence-electron chi connectivity index (χ1n) is 10.3. The molecule has 9 heteroatoms. The lowest BCUT2D eigenvalue weighted by atomic mass is 10.1. The Morgan fingerprint density at radius 2 is 1.97 bits per heavy atom. The fraction of sp³-hybridized carbons (Fsp3) is 0.524. The van der Waals surface area contributed by atoms with Crippen LogP contribution in [-0.2, 0) is 0 Å². The number of nitrogens with zero attached hydrogens (tertiary/aromatic N) is 4. The van der Waals surface area contributed by atoms with Crippen molar-refractivity contribution in [3.05, 3.63) is 30.9 Å². The van der Waals surface area contributed by atoms with Crippen molar-refractivity contribution >= 4 is 11.5 Å². The maximum Gasteiger partial charge on any atom is 0.573 e. The molecule has 0 unspecified atom stereocenters. The molecule has 1 saturated carbocycles. The van der Waals surface area contributed by atoms with Crippen molar-refractivity contribution < 1.29 is 17.9 Å². The van der Waals surface area contributed by atoms with Gasteiger partial charge < -0.3 is 19.9 Å². The number of alkyl halides is 3. The molecule has 4 rings (SSSR count). The predicted molar refractivity (Wildman–Crippen MR) is 109 cm³/mol. The van der Waals surface area contributed by atoms with Crippen LogP contribution in [0.25, 0.3) is 17.0 Å². The molecule has 0 atom stereocenters. The summed E-state index contributed by atoms with van der Waals surface area (Å²) in [5, 5.41) is 0. The maximum atomic E-state index is 12.6. The number of nitrogen functional groups attached to an aromatic ring is 1. The highest BCUT2D eigenvalue weighted by molar-refractivity contribution is 5.65. The van der Waals surface area contributed by atoms with E-state index in [1.54, 1.807) is 0 Å². The number of hydrogen-bond acceptors (Lipinski definition) is 5. The normalized spacial score (nSPS) is 17.8. The minimum Gasteiger partial charge on any atom is -0.402 e. The average molecular weight is 421 g/mol. The molecular formula is C21H26F3N5O. The molecular weight excluding hydrogens is 395 g/mol. The molecule has 0 spiro atoms. The Kier molecular flexibility index (Phi) is 5.73. The summed E-state index contributed by atoms with van der Waals surface area (Å²) in [4.78, 5) is 11.0. The van der Waals surface area contributed by atoms with Crippen molar-refractivity contribution in [1.29, 1.82) is 0 Å². The van der Waals surface area contributed by atoms with Crippen LogP contribution in [0.5, 0.6) is 5.75 Å². The highest BCUT2D eigenvalue weighted by Gasteiger charge is 2.33. The van der Waals surface area contributed by atoms with Crippen LogP contribution >= 0.6 is 0 Å². The molecule has 30 heavy (non-hydrogen) atoms. The van der Waals surface area contributed by atoms with Gasteiger partial charge in [-0.1, -0.05) is 13.0 Å². The molecule has 0 bridgehead atoms. The number of aromatic nitrogens is 3. The Bertz CT molecular complexity index is 914. The highest BCUT2D eigenvalue weighted by atomic mass is 19.4. The van der Waals surface area contributed by atoms with E-state index in [1.165, 1.54) is 31.5 Å². The van der Waals surface area contributed by atoms with Gasteiger partial charge in [-0.2, -0.15) is 0 Å². The molecule has 6 nitrogen and oxygen atoms in total. The van der Waals surface area contributed by atoms with Gasteiger partial charge in [-0.15, -0.1) is 13.2 Å². The topological polar surface area (TPSA) is 69.2 Å². The van der Waals surface area contributed by atoms with Crippen LogP contribution in [0.3, 0.4) is 0 Å². The van der Waals surface area contributed by atoms with E-state index in [4.69, 9.17) is 10.7 Å². The molecule has 1 aliphatic heterocycles. The van der Waals surface area contributed by atoms with E-state index in [0.717, 1.165) is 50.4 Å². The molecule has 0 aromatic carbocycles. The van der Waals surface area contributed by atoms with Gasteiger partial charge in [0.1, 0.15) is 5.82 Å². The smallest absolute Gasteiger partial charge is 0.402 e. The lowest BCUT2D eigenvalue weighted by Gasteiger charge is -2.26. The average Bonchev–Trinajstić information content (AvgIpc) is 3.46. The van der Waals surface area contributed by atoms with Crippen molar-refractivity contribution in [3.63, 3.8) is 0 Å². The van der Waals surface area contributed by atoms with Gasteiger partial charge in [-0.25, -0.2) is 9.97 Å². The maximum absolute atomic E-state index is 12.6. The van der Waals surface area contributed by atoms with Crippen LogP contribution in [-0.4, -0.2) is 45.4 Å². The van der Waals surface area contributed by atoms with Gasteiger partial charge in [-0.05, 0) is 44.8 Å². The Labute approximate surface area is 173 Å². The summed E-state index contributed by atoms with van der Waals surface area (Å²) in [6, 6.07) is 1.23. The molecule has 2 N–H and O–H groups in total. The third-order valence-electron chi connectivity index (χ3n) is 5.58. The summed E-state index contributed by atoms with van der Waals surface area (Å²) in [6.45, 7) is 7.45. The molecule has 2 aromatic rings. The van der Waals surface area contributed by atoms with Crippen molar-refractivity contribution in [3.8, 4) is 17.0 Å². The minimum atomic E-state index is -4.84. The number of pyridine rings is 1. The SMILES string of the molecule is C=C(CCN1CCCCC1)n1cc(-c2cnc(N)c(OC(F)(F)F)c2)nc1C1CC1. The summed E-state index contributed by atoms with van der Waals surface area (Å²) < 4.78 is 43.9. The number of rotatable bonds is 7. The first-order valence-corrected chi connectivity index (χ1v) is 10.3. The van der Waals surface area contributed by atoms with E-state index < -0.39 is 12.1 Å². The van der Waals surface area contributed by atoms with Crippen LogP contribution in [0.15, 0.2) is 25.0 Å². The third kappa shape index (κ3) is 4.95. The second-order valence-corrected chi connectivity index (χ2v) is 8.00. The van der Waals surface area contributed by atoms with Gasteiger partial charge in [0.2, 0.25) is 0 Å². The number of piperidine rings is 1. The number of ether oxygens (including phenoxy) is 1. The Morgan fingerprint density at radius 1 is 1.23 bits per heavy atom. The third-order valence-corrected chi connectivity index (χ3v) is 5.58. The first kappa shape index (κ1) is 20.7. The Balaban J connectivity index is 1.55. The predicted octanol–water partition coefficient (Wildman–Crippen LogP) is 4.65. The molecule has 162 valence electrons. The van der Waals surface area contributed by atoms with E-state index in [9.17, 15) is 13.2 Å². The van der Waals surface area contributed by atoms with Crippen LogP contribution in [0, 0.1) is 0 Å². The van der Waals surface area contributed by atoms with Gasteiger partial charge in [0, 0.05) is 42.5 Å². The summed E-state index contributed by atoms with van der Waals surface area (Å²) in [5.41, 5.74) is 7.45. The number of halogens is 3. The zero-order valence-electron chi connectivity index (χ0n) is 16.8. The van der Waals surface area contributed by atoms with E-state index in [1.807, 2.05) is 10.8 Å². The van der Waals surface area contributed by atoms with Gasteiger partial charge in [-0.3, -0.25) is 0 Å². The zero-order valence-corrected chi connectivity index (χ0v) is 16.8. The Morgan fingerprint density at radius 3 is 2.63 bits per heavy atom. The monoisotopic (exact) mass is 421 g/mol. The van der Waals surface area contributed by atoms with Crippen molar-refractivity contribution in [2.24, 2.45) is 0 Å². The van der Waals surface area contributed by atoms with Crippen LogP contribution < -0.4 is 10.5 Å². The first-order chi connectivity index (χ1) is 14.3. The second kappa shape index (κ2) is 8.29. The number of imidazole rings is 1. The summed E-state index contributed by atoms with van der Waals surface area (Å²) >= 11 is 0. The largest absolute Gasteiger partial charge is 0.573 e. The molecule has 1 saturated heterocycles. The molecule has 0 amide bonds. The molecule has 3 heterocycles. The number of nitrogens with two attached hydrogens (primary N) is 1. The minimum absolute atomic E-state index is 0.316. The van der Waals surface area contributed by atoms with E-state index in [-0.39, 0.29) is 5.82 Å². The molecule has 2 aliphatic rings. The summed E-state index contributed by atoms with van der Waals surface area (Å²) in [5.74, 6) is 0.428. The van der Waals surface area contributed by atoms with Crippen LogP contribution in [0.4, 0.5) is 19.0 Å². The quantitative estimate of drug-likeness (QED) is 0.705. The van der Waals surface area contributed by atoms with Crippen LogP contribution in [0.1, 0.15) is 50.3 Å². The van der Waals surface area contributed by atoms with Crippen LogP contribution in [0.2, 0.25) is 0 Å². The number of anilines is 1. The van der Waals surface area contributed by atoms with Gasteiger partial charge >= 0.3 is 6.36 Å². The lowest BCUT2D eigenvalue weighted by Crippen LogP contribution is -2.30. The molecule has 0 radical (unpaired) electrons. The highest BCUT2D eigenvalue weighted by Crippen LogP contribution is 2.42. The molecule has 2 aromatic heterocycles. The van der Waals surface area contributed by atoms with Gasteiger partial charge in [0.15, 0.2) is 11.6 Å². The standard InChI is InChI=1S/C21H26F3N5O/c1-14(7-10-28-8-3-2-4-9-28)29-13-17(27-20(29)15-5-6-15)16-11-18(19(25)26-12-16)30-21(22,23)24/h11-13,15H,1-10H2,(H2,25,26). The fourth-order valence-electron chi connectivity index (χ4n) is 3.81. The molecule has 1 aliphatic carbocycles. The van der Waals surface area contributed by atoms with Crippen molar-refractivity contribution in [2.45, 2.75) is 50.8 Å². The number of likely N-dealkylation sites (tertiary alicyclic amines) is 1. The lowest BCUT2D eigenvalue weighted by molar-refractivity contribution is -0.274. The number of hydrogen-bond donors (Lipinski definition) is 1. The van der Waals surface area contributed by atoms with E-state index in [2.05, 4.69) is 21.2 Å². The summed E-state index contributed by atoms with van der Waals surface area (Å²) in [7, 11) is 0. The van der Waals surface area contributed by atoms with Gasteiger partial charge in [0.25, 0.3) is 0 Å². The van der Waals surface area contributed by atoms with Gasteiger partial charge in [0.05, 0.1) is 5.69 Å². The summed E-state index contributed by atoms with van der Waals surface area (Å²) in [6.07, 6.45) is 5.10.